The van der Waals surface area contributed by atoms with E-state index in [-0.39, 0.29) is 0 Å². The smallest absolute Gasteiger partial charge is 0.0815 e. The Labute approximate surface area is 121 Å². The van der Waals surface area contributed by atoms with Crippen molar-refractivity contribution in [1.29, 1.82) is 0 Å². The predicted molar refractivity (Wildman–Crippen MR) is 82.9 cm³/mol. The second-order valence-corrected chi connectivity index (χ2v) is 5.75. The Bertz CT molecular complexity index is 553. The third-order valence-electron chi connectivity index (χ3n) is 4.22. The molecule has 0 radical (unpaired) electrons. The van der Waals surface area contributed by atoms with Crippen LogP contribution < -0.4 is 5.32 Å². The number of aromatic nitrogens is 2. The van der Waals surface area contributed by atoms with Crippen molar-refractivity contribution in [3.63, 3.8) is 0 Å². The van der Waals surface area contributed by atoms with E-state index in [0.717, 1.165) is 12.2 Å². The van der Waals surface area contributed by atoms with E-state index in [1.54, 1.807) is 0 Å². The van der Waals surface area contributed by atoms with E-state index >= 15 is 0 Å². The lowest BCUT2D eigenvalue weighted by molar-refractivity contribution is 0.328. The van der Waals surface area contributed by atoms with E-state index in [4.69, 9.17) is 5.10 Å². The molecule has 1 aliphatic rings. The quantitative estimate of drug-likeness (QED) is 0.896. The van der Waals surface area contributed by atoms with E-state index in [0.29, 0.717) is 6.04 Å². The fourth-order valence-corrected chi connectivity index (χ4v) is 2.98. The highest BCUT2D eigenvalue weighted by atomic mass is 15.3. The van der Waals surface area contributed by atoms with Gasteiger partial charge in [0.1, 0.15) is 0 Å². The summed E-state index contributed by atoms with van der Waals surface area (Å²) in [5.41, 5.74) is 3.60. The highest BCUT2D eigenvalue weighted by molar-refractivity contribution is 5.50. The minimum absolute atomic E-state index is 0.621. The van der Waals surface area contributed by atoms with Crippen molar-refractivity contribution < 1.29 is 0 Å². The number of nitrogens with one attached hydrogen (secondary N) is 1. The number of anilines is 1. The molecule has 1 aliphatic carbocycles. The zero-order valence-electron chi connectivity index (χ0n) is 12.2. The van der Waals surface area contributed by atoms with E-state index in [2.05, 4.69) is 53.5 Å². The average molecular weight is 269 g/mol. The molecular weight excluding hydrogens is 246 g/mol. The number of benzene rings is 1. The Morgan fingerprint density at radius 3 is 2.75 bits per heavy atom. The fraction of sp³-hybridized carbons (Fsp3) is 0.471. The number of hydrogen-bond donors (Lipinski definition) is 1. The number of aryl methyl sites for hydroxylation is 1. The standard InChI is InChI=1S/C17H23N3/c1-14-7-5-6-10-17(14)18-13-15-11-12-20(19-15)16-8-3-2-4-9-16/h5-7,10-12,16,18H,2-4,8-9,13H2,1H3. The molecule has 3 nitrogen and oxygen atoms in total. The van der Waals surface area contributed by atoms with Crippen molar-refractivity contribution in [2.75, 3.05) is 5.32 Å². The lowest BCUT2D eigenvalue weighted by atomic mass is 9.96. The van der Waals surface area contributed by atoms with Crippen molar-refractivity contribution >= 4 is 5.69 Å². The first-order valence-electron chi connectivity index (χ1n) is 7.66. The molecule has 0 aliphatic heterocycles. The van der Waals surface area contributed by atoms with Gasteiger partial charge >= 0.3 is 0 Å². The topological polar surface area (TPSA) is 29.9 Å². The van der Waals surface area contributed by atoms with Crippen LogP contribution in [0.4, 0.5) is 5.69 Å². The molecule has 0 unspecified atom stereocenters. The summed E-state index contributed by atoms with van der Waals surface area (Å²) in [7, 11) is 0. The van der Waals surface area contributed by atoms with E-state index in [9.17, 15) is 0 Å². The predicted octanol–water partition coefficient (Wildman–Crippen LogP) is 4.31. The zero-order valence-corrected chi connectivity index (χ0v) is 12.2. The summed E-state index contributed by atoms with van der Waals surface area (Å²) >= 11 is 0. The lowest BCUT2D eigenvalue weighted by Crippen LogP contribution is -2.13. The lowest BCUT2D eigenvalue weighted by Gasteiger charge is -2.21. The summed E-state index contributed by atoms with van der Waals surface area (Å²) in [6, 6.07) is 11.1. The molecule has 1 aromatic carbocycles. The zero-order chi connectivity index (χ0) is 13.8. The maximum Gasteiger partial charge on any atom is 0.0815 e. The summed E-state index contributed by atoms with van der Waals surface area (Å²) in [6.07, 6.45) is 8.80. The van der Waals surface area contributed by atoms with Crippen LogP contribution in [0.1, 0.15) is 49.4 Å². The summed E-state index contributed by atoms with van der Waals surface area (Å²) in [5.74, 6) is 0. The van der Waals surface area contributed by atoms with Gasteiger partial charge in [-0.3, -0.25) is 4.68 Å². The molecule has 0 saturated heterocycles. The van der Waals surface area contributed by atoms with Crippen LogP contribution in [0, 0.1) is 6.92 Å². The molecule has 1 N–H and O–H groups in total. The third kappa shape index (κ3) is 3.03. The first-order chi connectivity index (χ1) is 9.83. The van der Waals surface area contributed by atoms with Gasteiger partial charge < -0.3 is 5.32 Å². The van der Waals surface area contributed by atoms with Crippen LogP contribution in [-0.4, -0.2) is 9.78 Å². The Balaban J connectivity index is 1.61. The second-order valence-electron chi connectivity index (χ2n) is 5.75. The van der Waals surface area contributed by atoms with E-state index in [1.165, 1.54) is 43.4 Å². The largest absolute Gasteiger partial charge is 0.379 e. The molecule has 1 fully saturated rings. The molecule has 0 spiro atoms. The maximum atomic E-state index is 4.73. The SMILES string of the molecule is Cc1ccccc1NCc1ccn(C2CCCCC2)n1. The van der Waals surface area contributed by atoms with Crippen LogP contribution >= 0.6 is 0 Å². The molecule has 2 aromatic rings. The van der Waals surface area contributed by atoms with Crippen molar-refractivity contribution in [2.45, 2.75) is 51.6 Å². The number of rotatable bonds is 4. The molecule has 0 amide bonds. The van der Waals surface area contributed by atoms with Gasteiger partial charge in [0.15, 0.2) is 0 Å². The summed E-state index contributed by atoms with van der Waals surface area (Å²) < 4.78 is 2.17. The summed E-state index contributed by atoms with van der Waals surface area (Å²) in [6.45, 7) is 2.92. The van der Waals surface area contributed by atoms with Crippen LogP contribution in [0.25, 0.3) is 0 Å². The van der Waals surface area contributed by atoms with Crippen LogP contribution in [0.3, 0.4) is 0 Å². The Morgan fingerprint density at radius 1 is 1.15 bits per heavy atom. The van der Waals surface area contributed by atoms with Gasteiger partial charge in [0.2, 0.25) is 0 Å². The van der Waals surface area contributed by atoms with Gasteiger partial charge in [-0.25, -0.2) is 0 Å². The molecule has 1 saturated carbocycles. The van der Waals surface area contributed by atoms with Crippen molar-refractivity contribution in [2.24, 2.45) is 0 Å². The Morgan fingerprint density at radius 2 is 1.95 bits per heavy atom. The minimum atomic E-state index is 0.621. The first-order valence-corrected chi connectivity index (χ1v) is 7.66. The molecule has 1 aromatic heterocycles. The minimum Gasteiger partial charge on any atom is -0.379 e. The monoisotopic (exact) mass is 269 g/mol. The molecule has 0 atom stereocenters. The molecular formula is C17H23N3. The van der Waals surface area contributed by atoms with Crippen LogP contribution in [-0.2, 0) is 6.54 Å². The number of nitrogens with zero attached hydrogens (tertiary/aromatic N) is 2. The van der Waals surface area contributed by atoms with E-state index < -0.39 is 0 Å². The molecule has 20 heavy (non-hydrogen) atoms. The van der Waals surface area contributed by atoms with Gasteiger partial charge in [0, 0.05) is 11.9 Å². The molecule has 3 rings (SSSR count). The van der Waals surface area contributed by atoms with Gasteiger partial charge in [-0.05, 0) is 37.5 Å². The average Bonchev–Trinajstić information content (AvgIpc) is 2.96. The number of para-hydroxylation sites is 1. The van der Waals surface area contributed by atoms with Crippen molar-refractivity contribution in [3.05, 3.63) is 47.8 Å². The normalized spacial score (nSPS) is 16.2. The molecule has 3 heteroatoms. The highest BCUT2D eigenvalue weighted by Gasteiger charge is 2.15. The molecule has 1 heterocycles. The van der Waals surface area contributed by atoms with E-state index in [1.807, 2.05) is 0 Å². The van der Waals surface area contributed by atoms with Crippen LogP contribution in [0.2, 0.25) is 0 Å². The molecule has 106 valence electrons. The summed E-state index contributed by atoms with van der Waals surface area (Å²) in [5, 5.41) is 8.20. The highest BCUT2D eigenvalue weighted by Crippen LogP contribution is 2.27. The van der Waals surface area contributed by atoms with Gasteiger partial charge in [-0.15, -0.1) is 0 Å². The Kier molecular flexibility index (Phi) is 4.05. The molecule has 0 bridgehead atoms. The van der Waals surface area contributed by atoms with Crippen molar-refractivity contribution in [1.82, 2.24) is 9.78 Å². The maximum absolute atomic E-state index is 4.73. The fourth-order valence-electron chi connectivity index (χ4n) is 2.98. The van der Waals surface area contributed by atoms with Gasteiger partial charge in [-0.1, -0.05) is 37.5 Å². The summed E-state index contributed by atoms with van der Waals surface area (Å²) in [4.78, 5) is 0. The second kappa shape index (κ2) is 6.12. The number of hydrogen-bond acceptors (Lipinski definition) is 2. The first kappa shape index (κ1) is 13.2. The van der Waals surface area contributed by atoms with Gasteiger partial charge in [-0.2, -0.15) is 5.10 Å². The van der Waals surface area contributed by atoms with Crippen LogP contribution in [0.15, 0.2) is 36.5 Å². The van der Waals surface area contributed by atoms with Gasteiger partial charge in [0.25, 0.3) is 0 Å². The Hall–Kier alpha value is -1.77. The van der Waals surface area contributed by atoms with Crippen LogP contribution in [0.5, 0.6) is 0 Å². The van der Waals surface area contributed by atoms with Crippen molar-refractivity contribution in [3.8, 4) is 0 Å². The van der Waals surface area contributed by atoms with Gasteiger partial charge in [0.05, 0.1) is 18.3 Å². The third-order valence-corrected chi connectivity index (χ3v) is 4.22.